The number of hydrogen-bond acceptors (Lipinski definition) is 0. The Kier molecular flexibility index (Phi) is 1.56. The zero-order valence-corrected chi connectivity index (χ0v) is 7.41. The number of rotatable bonds is 0. The summed E-state index contributed by atoms with van der Waals surface area (Å²) >= 11 is 0. The summed E-state index contributed by atoms with van der Waals surface area (Å²) < 4.78 is 0. The fourth-order valence-electron chi connectivity index (χ4n) is 0.770. The van der Waals surface area contributed by atoms with Crippen molar-refractivity contribution in [2.24, 2.45) is 0 Å². The van der Waals surface area contributed by atoms with Crippen LogP contribution in [0.3, 0.4) is 0 Å². The van der Waals surface area contributed by atoms with Crippen molar-refractivity contribution in [1.29, 1.82) is 0 Å². The summed E-state index contributed by atoms with van der Waals surface area (Å²) in [4.78, 5) is 1.62. The van der Waals surface area contributed by atoms with Gasteiger partial charge in [-0.05, 0) is 33.1 Å². The molecule has 0 aliphatic heterocycles. The first kappa shape index (κ1) is 5.87. The summed E-state index contributed by atoms with van der Waals surface area (Å²) in [5, 5.41) is 0. The van der Waals surface area contributed by atoms with Crippen molar-refractivity contribution >= 4 is 27.9 Å². The van der Waals surface area contributed by atoms with Crippen molar-refractivity contribution in [3.8, 4) is 0 Å². The van der Waals surface area contributed by atoms with Gasteiger partial charge in [-0.1, -0.05) is 19.5 Å². The van der Waals surface area contributed by atoms with Gasteiger partial charge in [-0.3, -0.25) is 0 Å². The second-order valence-corrected chi connectivity index (χ2v) is 6.87. The van der Waals surface area contributed by atoms with Crippen LogP contribution in [0.4, 0.5) is 0 Å². The zero-order chi connectivity index (χ0) is 6.10. The van der Waals surface area contributed by atoms with Crippen LogP contribution in [-0.4, -0.2) is 0 Å². The second kappa shape index (κ2) is 2.39. The molecule has 0 fully saturated rings. The third kappa shape index (κ3) is 1.04. The quantitative estimate of drug-likeness (QED) is 0.553. The maximum atomic E-state index is 2.41. The Balaban J connectivity index is 2.95. The van der Waals surface area contributed by atoms with E-state index in [0.717, 1.165) is 0 Å². The summed E-state index contributed by atoms with van der Waals surface area (Å²) in [7, 11) is 3.07. The highest BCUT2D eigenvalue weighted by Crippen LogP contribution is 2.44. The average Bonchev–Trinajstić information content (AvgIpc) is 2.33. The molecule has 0 aromatic carbocycles. The molecule has 2 aromatic rings. The van der Waals surface area contributed by atoms with E-state index in [1.807, 2.05) is 0 Å². The molecule has 0 nitrogen and oxygen atoms in total. The summed E-state index contributed by atoms with van der Waals surface area (Å²) in [6.07, 6.45) is 0. The minimum Gasteiger partial charge on any atom is -0.0833 e. The second-order valence-electron chi connectivity index (χ2n) is 1.80. The van der Waals surface area contributed by atoms with Crippen LogP contribution in [0.15, 0.2) is 29.5 Å². The maximum absolute atomic E-state index is 2.41. The summed E-state index contributed by atoms with van der Waals surface area (Å²) in [6, 6.07) is 6.54. The van der Waals surface area contributed by atoms with Gasteiger partial charge in [0.15, 0.2) is 0 Å². The molecule has 0 saturated carbocycles. The predicted octanol–water partition coefficient (Wildman–Crippen LogP) is 4.28. The van der Waals surface area contributed by atoms with E-state index in [1.165, 1.54) is 15.7 Å². The lowest BCUT2D eigenvalue weighted by Gasteiger charge is -1.83. The van der Waals surface area contributed by atoms with Gasteiger partial charge in [-0.25, -0.2) is 0 Å². The van der Waals surface area contributed by atoms with Gasteiger partial charge in [0.2, 0.25) is 0 Å². The lowest BCUT2D eigenvalue weighted by Crippen LogP contribution is -1.46. The van der Waals surface area contributed by atoms with Crippen LogP contribution in [0, 0.1) is 0 Å². The molecule has 3 heteroatoms. The Bertz CT molecular complexity index is 282. The minimum atomic E-state index is 0.0800. The van der Waals surface area contributed by atoms with E-state index in [-0.39, 0.29) is 7.34 Å². The van der Waals surface area contributed by atoms with Gasteiger partial charge >= 0.3 is 0 Å². The van der Waals surface area contributed by atoms with Crippen molar-refractivity contribution in [2.45, 2.75) is 0 Å². The molecule has 2 rings (SSSR count). The van der Waals surface area contributed by atoms with Crippen LogP contribution in [0.2, 0.25) is 0 Å². The van der Waals surface area contributed by atoms with Gasteiger partial charge in [0.25, 0.3) is 0 Å². The molecule has 0 bridgehead atoms. The largest absolute Gasteiger partial charge is 0.0833 e. The molecule has 1 unspecified atom stereocenters. The molecule has 0 spiro atoms. The molecule has 0 aliphatic carbocycles. The smallest absolute Gasteiger partial charge is 0.0299 e. The molecule has 1 atom stereocenters. The predicted molar refractivity (Wildman–Crippen MR) is 47.1 cm³/mol. The third-order valence-electron chi connectivity index (χ3n) is 1.20. The lowest BCUT2D eigenvalue weighted by atomic mass is 10.6. The van der Waals surface area contributed by atoms with E-state index >= 15 is 0 Å². The van der Waals surface area contributed by atoms with Crippen molar-refractivity contribution in [3.05, 3.63) is 29.5 Å². The minimum absolute atomic E-state index is 0.0800. The van der Waals surface area contributed by atoms with Crippen LogP contribution >= 0.6 is 23.1 Å². The Morgan fingerprint density at radius 3 is 3.22 bits per heavy atom. The Hall–Kier alpha value is 0.120. The number of hydrogen-bond donors (Lipinski definition) is 0. The Morgan fingerprint density at radius 2 is 2.33 bits per heavy atom. The molecule has 0 radical (unpaired) electrons. The van der Waals surface area contributed by atoms with E-state index < -0.39 is 0 Å². The van der Waals surface area contributed by atoms with Gasteiger partial charge in [0, 0.05) is 4.85 Å². The molecule has 44 valence electrons. The maximum Gasteiger partial charge on any atom is 0.0299 e. The highest BCUT2D eigenvalue weighted by molar-refractivity contribution is 8.00. The molecular weight excluding hydrogens is 165 g/mol. The normalized spacial score (nSPS) is 14.0. The first-order valence-electron chi connectivity index (χ1n) is 2.71. The summed E-state index contributed by atoms with van der Waals surface area (Å²) in [5.41, 5.74) is 2.41. The van der Waals surface area contributed by atoms with E-state index in [2.05, 4.69) is 29.5 Å². The van der Waals surface area contributed by atoms with Crippen LogP contribution < -0.4 is 0 Å². The average molecular weight is 170 g/mol. The van der Waals surface area contributed by atoms with E-state index in [9.17, 15) is 0 Å². The van der Waals surface area contributed by atoms with Crippen LogP contribution in [-0.2, 0) is 0 Å². The van der Waals surface area contributed by atoms with E-state index in [1.54, 1.807) is 4.85 Å². The lowest BCUT2D eigenvalue weighted by molar-refractivity contribution is 1.94. The fourth-order valence-corrected chi connectivity index (χ4v) is 7.66. The van der Waals surface area contributed by atoms with Crippen LogP contribution in [0.5, 0.6) is 0 Å². The SMILES string of the molecule is c1ccp2cppc2c1. The van der Waals surface area contributed by atoms with Gasteiger partial charge in [0.05, 0.1) is 0 Å². The van der Waals surface area contributed by atoms with Gasteiger partial charge < -0.3 is 0 Å². The first-order valence-corrected chi connectivity index (χ1v) is 6.75. The summed E-state index contributed by atoms with van der Waals surface area (Å²) in [5.74, 6) is 2.32. The molecular formula is C6H5P3. The molecule has 9 heavy (non-hydrogen) atoms. The monoisotopic (exact) mass is 170 g/mol. The highest BCUT2D eigenvalue weighted by atomic mass is 31.8. The molecule has 2 heterocycles. The Labute approximate surface area is 58.0 Å². The third-order valence-corrected chi connectivity index (χ3v) is 7.64. The van der Waals surface area contributed by atoms with Gasteiger partial charge in [0.1, 0.15) is 0 Å². The van der Waals surface area contributed by atoms with E-state index in [0.29, 0.717) is 0 Å². The zero-order valence-electron chi connectivity index (χ0n) is 4.73. The first-order chi connectivity index (χ1) is 4.47. The molecule has 0 aliphatic rings. The highest BCUT2D eigenvalue weighted by Gasteiger charge is 1.87. The van der Waals surface area contributed by atoms with Gasteiger partial charge in [-0.15, -0.1) is 0 Å². The fraction of sp³-hybridized carbons (Fsp3) is 0. The van der Waals surface area contributed by atoms with Crippen molar-refractivity contribution in [1.82, 2.24) is 0 Å². The van der Waals surface area contributed by atoms with E-state index in [4.69, 9.17) is 0 Å². The van der Waals surface area contributed by atoms with Crippen LogP contribution in [0.1, 0.15) is 0 Å². The standard InChI is InChI=1S/C6H5P3/c1-2-4-9-5-7-8-6(9)3-1/h1-5H. The molecule has 0 saturated heterocycles. The molecule has 0 amide bonds. The van der Waals surface area contributed by atoms with Gasteiger partial charge in [-0.2, -0.15) is 0 Å². The topological polar surface area (TPSA) is 0 Å². The van der Waals surface area contributed by atoms with Crippen molar-refractivity contribution in [3.63, 3.8) is 0 Å². The van der Waals surface area contributed by atoms with Crippen LogP contribution in [0.25, 0.3) is 4.85 Å². The Morgan fingerprint density at radius 1 is 1.33 bits per heavy atom. The molecule has 2 aromatic heterocycles. The van der Waals surface area contributed by atoms with Crippen molar-refractivity contribution < 1.29 is 0 Å². The summed E-state index contributed by atoms with van der Waals surface area (Å²) in [6.45, 7) is 0. The molecule has 0 N–H and O–H groups in total. The number of fused-ring (bicyclic) bond motifs is 1. The van der Waals surface area contributed by atoms with Crippen molar-refractivity contribution in [2.75, 3.05) is 0 Å².